The second-order valence-electron chi connectivity index (χ2n) is 4.75. The molecule has 20 heavy (non-hydrogen) atoms. The Labute approximate surface area is 122 Å². The van der Waals surface area contributed by atoms with Gasteiger partial charge in [-0.3, -0.25) is 5.32 Å². The Morgan fingerprint density at radius 3 is 2.45 bits per heavy atom. The molecule has 2 bridgehead atoms. The third kappa shape index (κ3) is 3.22. The molecule has 1 amide bonds. The van der Waals surface area contributed by atoms with Crippen molar-refractivity contribution < 1.29 is 23.1 Å². The Balaban J connectivity index is 1.50. The number of nitrogens with one attached hydrogen (secondary N) is 1. The maximum absolute atomic E-state index is 11.7. The van der Waals surface area contributed by atoms with E-state index in [2.05, 4.69) is 5.32 Å². The second-order valence-corrected chi connectivity index (χ2v) is 6.41. The quantitative estimate of drug-likeness (QED) is 0.867. The largest absolute Gasteiger partial charge is 0.448 e. The van der Waals surface area contributed by atoms with Gasteiger partial charge in [0.15, 0.2) is 0 Å². The van der Waals surface area contributed by atoms with E-state index in [4.69, 9.17) is 29.9 Å². The van der Waals surface area contributed by atoms with Crippen LogP contribution in [0.5, 0.6) is 0 Å². The number of benzene rings is 1. The second kappa shape index (κ2) is 5.84. The van der Waals surface area contributed by atoms with Gasteiger partial charge in [-0.1, -0.05) is 11.6 Å². The molecule has 3 heterocycles. The predicted octanol–water partition coefficient (Wildman–Crippen LogP) is 3.18. The number of ether oxygens (including phenoxy) is 1. The molecule has 0 unspecified atom stereocenters. The van der Waals surface area contributed by atoms with Gasteiger partial charge in [0, 0.05) is 10.7 Å². The lowest BCUT2D eigenvalue weighted by Gasteiger charge is -2.43. The SMILES string of the molecule is O=C(Nc1ccc(Cl)cc1)OCC12COP(OC1)OC2. The minimum atomic E-state index is -1.17. The highest BCUT2D eigenvalue weighted by Crippen LogP contribution is 2.53. The summed E-state index contributed by atoms with van der Waals surface area (Å²) in [7, 11) is -1.17. The van der Waals surface area contributed by atoms with Crippen LogP contribution in [-0.4, -0.2) is 32.5 Å². The van der Waals surface area contributed by atoms with Gasteiger partial charge in [-0.2, -0.15) is 0 Å². The zero-order valence-electron chi connectivity index (χ0n) is 10.5. The van der Waals surface area contributed by atoms with Crippen molar-refractivity contribution in [3.8, 4) is 0 Å². The molecular formula is C12H13ClNO5P. The average Bonchev–Trinajstić information content (AvgIpc) is 2.50. The number of anilines is 1. The van der Waals surface area contributed by atoms with Crippen LogP contribution in [0.15, 0.2) is 24.3 Å². The van der Waals surface area contributed by atoms with Crippen molar-refractivity contribution in [2.75, 3.05) is 31.7 Å². The molecule has 0 atom stereocenters. The molecule has 0 aromatic heterocycles. The molecule has 3 aliphatic heterocycles. The number of carbonyl (C=O) groups excluding carboxylic acids is 1. The van der Waals surface area contributed by atoms with E-state index >= 15 is 0 Å². The summed E-state index contributed by atoms with van der Waals surface area (Å²) < 4.78 is 21.2. The number of amides is 1. The summed E-state index contributed by atoms with van der Waals surface area (Å²) in [4.78, 5) is 11.7. The molecule has 0 saturated carbocycles. The van der Waals surface area contributed by atoms with Crippen LogP contribution in [0.3, 0.4) is 0 Å². The highest BCUT2D eigenvalue weighted by molar-refractivity contribution is 7.41. The maximum atomic E-state index is 11.7. The summed E-state index contributed by atoms with van der Waals surface area (Å²) in [5.41, 5.74) is 0.227. The fraction of sp³-hybridized carbons (Fsp3) is 0.417. The van der Waals surface area contributed by atoms with Gasteiger partial charge in [0.2, 0.25) is 0 Å². The van der Waals surface area contributed by atoms with Crippen molar-refractivity contribution in [3.63, 3.8) is 0 Å². The molecule has 0 aliphatic carbocycles. The molecule has 108 valence electrons. The molecule has 8 heteroatoms. The van der Waals surface area contributed by atoms with Gasteiger partial charge < -0.3 is 18.3 Å². The monoisotopic (exact) mass is 317 g/mol. The number of halogens is 1. The summed E-state index contributed by atoms with van der Waals surface area (Å²) in [5.74, 6) is 0. The minimum absolute atomic E-state index is 0.190. The number of hydrogen-bond donors (Lipinski definition) is 1. The highest BCUT2D eigenvalue weighted by Gasteiger charge is 2.45. The molecule has 0 radical (unpaired) electrons. The summed E-state index contributed by atoms with van der Waals surface area (Å²) >= 11 is 5.77. The summed E-state index contributed by atoms with van der Waals surface area (Å²) in [6, 6.07) is 6.78. The van der Waals surface area contributed by atoms with Gasteiger partial charge in [-0.25, -0.2) is 4.79 Å². The lowest BCUT2D eigenvalue weighted by atomic mass is 9.92. The first-order valence-electron chi connectivity index (χ1n) is 6.04. The molecule has 1 aromatic carbocycles. The van der Waals surface area contributed by atoms with Crippen molar-refractivity contribution in [3.05, 3.63) is 29.3 Å². The lowest BCUT2D eigenvalue weighted by molar-refractivity contribution is -0.0969. The van der Waals surface area contributed by atoms with Crippen molar-refractivity contribution in [2.45, 2.75) is 0 Å². The first kappa shape index (κ1) is 14.0. The van der Waals surface area contributed by atoms with Gasteiger partial charge in [0.25, 0.3) is 0 Å². The van der Waals surface area contributed by atoms with Crippen molar-refractivity contribution in [1.29, 1.82) is 0 Å². The maximum Gasteiger partial charge on any atom is 0.411 e. The molecule has 3 fully saturated rings. The Kier molecular flexibility index (Phi) is 4.10. The van der Waals surface area contributed by atoms with Crippen LogP contribution >= 0.6 is 20.2 Å². The van der Waals surface area contributed by atoms with E-state index in [0.717, 1.165) is 0 Å². The van der Waals surface area contributed by atoms with Crippen LogP contribution in [-0.2, 0) is 18.3 Å². The Bertz CT molecular complexity index is 475. The molecule has 0 spiro atoms. The smallest absolute Gasteiger partial charge is 0.411 e. The zero-order chi connectivity index (χ0) is 14.0. The summed E-state index contributed by atoms with van der Waals surface area (Å²) in [6.45, 7) is 1.67. The normalized spacial score (nSPS) is 28.1. The first-order chi connectivity index (χ1) is 9.65. The summed E-state index contributed by atoms with van der Waals surface area (Å²) in [6.07, 6.45) is -0.528. The van der Waals surface area contributed by atoms with Crippen molar-refractivity contribution in [1.82, 2.24) is 0 Å². The van der Waals surface area contributed by atoms with Gasteiger partial charge in [-0.05, 0) is 24.3 Å². The number of fused-ring (bicyclic) bond motifs is 3. The van der Waals surface area contributed by atoms with E-state index in [0.29, 0.717) is 30.5 Å². The molecule has 4 rings (SSSR count). The van der Waals surface area contributed by atoms with E-state index in [1.165, 1.54) is 0 Å². The molecule has 1 aromatic rings. The van der Waals surface area contributed by atoms with E-state index < -0.39 is 20.1 Å². The fourth-order valence-corrected chi connectivity index (χ4v) is 3.32. The molecule has 1 N–H and O–H groups in total. The topological polar surface area (TPSA) is 66.0 Å². The van der Waals surface area contributed by atoms with E-state index in [1.807, 2.05) is 0 Å². The standard InChI is InChI=1S/C12H13ClNO5P/c13-9-1-3-10(4-2-9)14-11(15)16-5-12-6-17-20(18-7-12)19-8-12/h1-4H,5-8H2,(H,14,15). The average molecular weight is 318 g/mol. The van der Waals surface area contributed by atoms with Crippen LogP contribution < -0.4 is 5.32 Å². The van der Waals surface area contributed by atoms with Crippen LogP contribution in [0.4, 0.5) is 10.5 Å². The van der Waals surface area contributed by atoms with E-state index in [9.17, 15) is 4.79 Å². The molecule has 6 nitrogen and oxygen atoms in total. The Hall–Kier alpha value is -0.910. The third-order valence-corrected chi connectivity index (χ3v) is 4.30. The van der Waals surface area contributed by atoms with Crippen molar-refractivity contribution >= 4 is 32.0 Å². The Morgan fingerprint density at radius 2 is 1.85 bits per heavy atom. The highest BCUT2D eigenvalue weighted by atomic mass is 35.5. The number of carbonyl (C=O) groups is 1. The predicted molar refractivity (Wildman–Crippen MR) is 73.6 cm³/mol. The van der Waals surface area contributed by atoms with Crippen molar-refractivity contribution in [2.24, 2.45) is 5.41 Å². The van der Waals surface area contributed by atoms with E-state index in [-0.39, 0.29) is 6.61 Å². The molecule has 3 aliphatic rings. The van der Waals surface area contributed by atoms with E-state index in [1.54, 1.807) is 24.3 Å². The number of rotatable bonds is 3. The van der Waals surface area contributed by atoms with Crippen LogP contribution in [0.1, 0.15) is 0 Å². The Morgan fingerprint density at radius 1 is 1.25 bits per heavy atom. The first-order valence-corrected chi connectivity index (χ1v) is 7.51. The zero-order valence-corrected chi connectivity index (χ0v) is 12.2. The minimum Gasteiger partial charge on any atom is -0.448 e. The van der Waals surface area contributed by atoms with Crippen LogP contribution in [0.2, 0.25) is 5.02 Å². The third-order valence-electron chi connectivity index (χ3n) is 3.03. The van der Waals surface area contributed by atoms with Gasteiger partial charge in [0.1, 0.15) is 6.61 Å². The van der Waals surface area contributed by atoms with Crippen LogP contribution in [0.25, 0.3) is 0 Å². The van der Waals surface area contributed by atoms with Crippen LogP contribution in [0, 0.1) is 5.41 Å². The lowest BCUT2D eigenvalue weighted by Crippen LogP contribution is -2.47. The van der Waals surface area contributed by atoms with Gasteiger partial charge in [-0.15, -0.1) is 0 Å². The fourth-order valence-electron chi connectivity index (χ4n) is 1.84. The number of hydrogen-bond acceptors (Lipinski definition) is 5. The molecule has 3 saturated heterocycles. The molecular weight excluding hydrogens is 305 g/mol. The van der Waals surface area contributed by atoms with Gasteiger partial charge in [0.05, 0.1) is 25.2 Å². The van der Waals surface area contributed by atoms with Gasteiger partial charge >= 0.3 is 14.7 Å². The summed E-state index contributed by atoms with van der Waals surface area (Å²) in [5, 5.41) is 3.23.